The van der Waals surface area contributed by atoms with Crippen LogP contribution in [0, 0.1) is 0 Å². The van der Waals surface area contributed by atoms with Gasteiger partial charge in [-0.25, -0.2) is 4.98 Å². The SMILES string of the molecule is CCOc1ccc2c(c1)sc1nc(-c3ccc(-c4ccccc4)cc3)cn12. The molecule has 0 aliphatic heterocycles. The van der Waals surface area contributed by atoms with E-state index in [0.29, 0.717) is 6.61 Å². The average molecular weight is 370 g/mol. The monoisotopic (exact) mass is 370 g/mol. The summed E-state index contributed by atoms with van der Waals surface area (Å²) < 4.78 is 8.96. The third-order valence-corrected chi connectivity index (χ3v) is 5.68. The van der Waals surface area contributed by atoms with Gasteiger partial charge in [0.2, 0.25) is 0 Å². The van der Waals surface area contributed by atoms with E-state index in [1.165, 1.54) is 15.8 Å². The highest BCUT2D eigenvalue weighted by molar-refractivity contribution is 7.23. The fourth-order valence-electron chi connectivity index (χ4n) is 3.34. The lowest BCUT2D eigenvalue weighted by Crippen LogP contribution is -1.90. The minimum Gasteiger partial charge on any atom is -0.494 e. The van der Waals surface area contributed by atoms with Gasteiger partial charge in [0.05, 0.1) is 22.5 Å². The second-order valence-electron chi connectivity index (χ2n) is 6.39. The molecule has 2 aromatic heterocycles. The molecule has 0 spiro atoms. The van der Waals surface area contributed by atoms with Crippen molar-refractivity contribution in [3.63, 3.8) is 0 Å². The van der Waals surface area contributed by atoms with Crippen molar-refractivity contribution in [3.05, 3.63) is 79.0 Å². The number of rotatable bonds is 4. The average Bonchev–Trinajstić information content (AvgIpc) is 3.27. The third kappa shape index (κ3) is 2.88. The molecule has 0 bridgehead atoms. The molecule has 27 heavy (non-hydrogen) atoms. The van der Waals surface area contributed by atoms with Crippen molar-refractivity contribution in [2.45, 2.75) is 6.92 Å². The third-order valence-electron chi connectivity index (χ3n) is 4.66. The molecule has 3 aromatic carbocycles. The number of fused-ring (bicyclic) bond motifs is 3. The van der Waals surface area contributed by atoms with E-state index in [2.05, 4.69) is 71.3 Å². The van der Waals surface area contributed by atoms with E-state index in [4.69, 9.17) is 9.72 Å². The van der Waals surface area contributed by atoms with Crippen LogP contribution in [0.25, 0.3) is 37.6 Å². The first-order chi connectivity index (χ1) is 13.3. The Balaban J connectivity index is 1.51. The molecule has 3 nitrogen and oxygen atoms in total. The molecule has 0 N–H and O–H groups in total. The highest BCUT2D eigenvalue weighted by Crippen LogP contribution is 2.32. The smallest absolute Gasteiger partial charge is 0.195 e. The lowest BCUT2D eigenvalue weighted by molar-refractivity contribution is 0.341. The maximum Gasteiger partial charge on any atom is 0.195 e. The van der Waals surface area contributed by atoms with Gasteiger partial charge in [0.25, 0.3) is 0 Å². The largest absolute Gasteiger partial charge is 0.494 e. The Hall–Kier alpha value is -3.11. The van der Waals surface area contributed by atoms with Crippen LogP contribution >= 0.6 is 11.3 Å². The summed E-state index contributed by atoms with van der Waals surface area (Å²) in [7, 11) is 0. The van der Waals surface area contributed by atoms with Gasteiger partial charge in [-0.15, -0.1) is 0 Å². The van der Waals surface area contributed by atoms with E-state index in [9.17, 15) is 0 Å². The number of hydrogen-bond acceptors (Lipinski definition) is 3. The van der Waals surface area contributed by atoms with Gasteiger partial charge in [-0.1, -0.05) is 65.9 Å². The molecule has 5 aromatic rings. The highest BCUT2D eigenvalue weighted by atomic mass is 32.1. The first kappa shape index (κ1) is 16.1. The summed E-state index contributed by atoms with van der Waals surface area (Å²) in [5.41, 5.74) is 5.74. The highest BCUT2D eigenvalue weighted by Gasteiger charge is 2.11. The number of imidazole rings is 1. The molecule has 0 atom stereocenters. The maximum absolute atomic E-state index is 5.60. The van der Waals surface area contributed by atoms with Gasteiger partial charge >= 0.3 is 0 Å². The van der Waals surface area contributed by atoms with Crippen LogP contribution in [0.4, 0.5) is 0 Å². The topological polar surface area (TPSA) is 26.5 Å². The van der Waals surface area contributed by atoms with Crippen molar-refractivity contribution >= 4 is 26.5 Å². The number of aromatic nitrogens is 2. The van der Waals surface area contributed by atoms with Crippen LogP contribution in [0.15, 0.2) is 79.0 Å². The van der Waals surface area contributed by atoms with Crippen molar-refractivity contribution in [3.8, 4) is 28.1 Å². The zero-order chi connectivity index (χ0) is 18.2. The summed E-state index contributed by atoms with van der Waals surface area (Å²) in [4.78, 5) is 5.84. The molecule has 0 aliphatic carbocycles. The number of hydrogen-bond donors (Lipinski definition) is 0. The number of benzene rings is 3. The minimum absolute atomic E-state index is 0.678. The molecular formula is C23H18N2OS. The van der Waals surface area contributed by atoms with Crippen LogP contribution in [0.1, 0.15) is 6.92 Å². The van der Waals surface area contributed by atoms with Gasteiger partial charge in [0.15, 0.2) is 4.96 Å². The maximum atomic E-state index is 5.60. The Labute approximate surface area is 161 Å². The molecule has 0 saturated carbocycles. The summed E-state index contributed by atoms with van der Waals surface area (Å²) in [6.07, 6.45) is 2.12. The summed E-state index contributed by atoms with van der Waals surface area (Å²) >= 11 is 1.69. The van der Waals surface area contributed by atoms with Crippen LogP contribution in [-0.2, 0) is 0 Å². The molecule has 0 radical (unpaired) electrons. The second kappa shape index (κ2) is 6.56. The second-order valence-corrected chi connectivity index (χ2v) is 7.40. The Morgan fingerprint density at radius 2 is 1.63 bits per heavy atom. The van der Waals surface area contributed by atoms with E-state index < -0.39 is 0 Å². The minimum atomic E-state index is 0.678. The van der Waals surface area contributed by atoms with Crippen molar-refractivity contribution < 1.29 is 4.74 Å². The van der Waals surface area contributed by atoms with Crippen LogP contribution in [-0.4, -0.2) is 16.0 Å². The molecule has 0 fully saturated rings. The predicted octanol–water partition coefficient (Wildman–Crippen LogP) is 6.28. The molecule has 2 heterocycles. The van der Waals surface area contributed by atoms with Crippen molar-refractivity contribution in [2.75, 3.05) is 6.61 Å². The zero-order valence-electron chi connectivity index (χ0n) is 14.9. The van der Waals surface area contributed by atoms with Crippen LogP contribution in [0.5, 0.6) is 5.75 Å². The zero-order valence-corrected chi connectivity index (χ0v) is 15.7. The molecule has 132 valence electrons. The Morgan fingerprint density at radius 1 is 0.889 bits per heavy atom. The van der Waals surface area contributed by atoms with E-state index in [1.807, 2.05) is 19.1 Å². The standard InChI is InChI=1S/C23H18N2OS/c1-2-26-19-12-13-21-22(14-19)27-23-24-20(15-25(21)23)18-10-8-17(9-11-18)16-6-4-3-5-7-16/h3-15H,2H2,1H3. The number of nitrogens with zero attached hydrogens (tertiary/aromatic N) is 2. The molecule has 0 aliphatic rings. The number of thiazole rings is 1. The predicted molar refractivity (Wildman–Crippen MR) is 113 cm³/mol. The van der Waals surface area contributed by atoms with Gasteiger partial charge in [0.1, 0.15) is 5.75 Å². The quantitative estimate of drug-likeness (QED) is 0.372. The van der Waals surface area contributed by atoms with Gasteiger partial charge in [-0.3, -0.25) is 4.40 Å². The Morgan fingerprint density at radius 3 is 2.41 bits per heavy atom. The van der Waals surface area contributed by atoms with Crippen LogP contribution < -0.4 is 4.74 Å². The van der Waals surface area contributed by atoms with Crippen LogP contribution in [0.2, 0.25) is 0 Å². The fourth-order valence-corrected chi connectivity index (χ4v) is 4.38. The van der Waals surface area contributed by atoms with Crippen molar-refractivity contribution in [2.24, 2.45) is 0 Å². The first-order valence-corrected chi connectivity index (χ1v) is 9.84. The van der Waals surface area contributed by atoms with E-state index >= 15 is 0 Å². The molecule has 0 amide bonds. The molecule has 5 rings (SSSR count). The fraction of sp³-hybridized carbons (Fsp3) is 0.0870. The summed E-state index contributed by atoms with van der Waals surface area (Å²) in [6, 6.07) is 25.2. The van der Waals surface area contributed by atoms with Gasteiger partial charge in [0, 0.05) is 11.8 Å². The molecule has 4 heteroatoms. The molecule has 0 unspecified atom stereocenters. The van der Waals surface area contributed by atoms with E-state index in [1.54, 1.807) is 11.3 Å². The van der Waals surface area contributed by atoms with Gasteiger partial charge < -0.3 is 4.74 Å². The Bertz CT molecular complexity index is 1220. The van der Waals surface area contributed by atoms with E-state index in [0.717, 1.165) is 27.5 Å². The Kier molecular flexibility index (Phi) is 3.91. The lowest BCUT2D eigenvalue weighted by Gasteiger charge is -2.03. The summed E-state index contributed by atoms with van der Waals surface area (Å²) in [6.45, 7) is 2.68. The van der Waals surface area contributed by atoms with Crippen molar-refractivity contribution in [1.29, 1.82) is 0 Å². The van der Waals surface area contributed by atoms with Gasteiger partial charge in [-0.05, 0) is 36.2 Å². The lowest BCUT2D eigenvalue weighted by atomic mass is 10.0. The first-order valence-electron chi connectivity index (χ1n) is 9.02. The summed E-state index contributed by atoms with van der Waals surface area (Å²) in [5.74, 6) is 0.909. The van der Waals surface area contributed by atoms with Gasteiger partial charge in [-0.2, -0.15) is 0 Å². The van der Waals surface area contributed by atoms with Crippen molar-refractivity contribution in [1.82, 2.24) is 9.38 Å². The molecular weight excluding hydrogens is 352 g/mol. The molecule has 0 saturated heterocycles. The van der Waals surface area contributed by atoms with E-state index in [-0.39, 0.29) is 0 Å². The number of ether oxygens (including phenoxy) is 1. The summed E-state index contributed by atoms with van der Waals surface area (Å²) in [5, 5.41) is 0. The normalized spacial score (nSPS) is 11.3. The van der Waals surface area contributed by atoms with Crippen LogP contribution in [0.3, 0.4) is 0 Å².